The van der Waals surface area contributed by atoms with Crippen LogP contribution in [0, 0.1) is 12.7 Å². The molecule has 0 radical (unpaired) electrons. The van der Waals surface area contributed by atoms with Gasteiger partial charge in [-0.15, -0.1) is 0 Å². The van der Waals surface area contributed by atoms with E-state index in [2.05, 4.69) is 35.7 Å². The smallest absolute Gasteiger partial charge is 0.320 e. The molecule has 4 aromatic rings. The normalized spacial score (nSPS) is 18.5. The van der Waals surface area contributed by atoms with Crippen molar-refractivity contribution in [2.45, 2.75) is 18.9 Å². The number of likely N-dealkylation sites (N-methyl/N-ethyl adjacent to an activating group) is 1. The second-order valence-electron chi connectivity index (χ2n) is 8.43. The summed E-state index contributed by atoms with van der Waals surface area (Å²) in [7, 11) is 1.96. The van der Waals surface area contributed by atoms with Gasteiger partial charge in [-0.25, -0.2) is 14.2 Å². The van der Waals surface area contributed by atoms with Gasteiger partial charge in [0.2, 0.25) is 0 Å². The first-order chi connectivity index (χ1) is 16.0. The van der Waals surface area contributed by atoms with Crippen LogP contribution < -0.4 is 10.6 Å². The highest BCUT2D eigenvalue weighted by Gasteiger charge is 2.34. The molecule has 0 spiro atoms. The zero-order chi connectivity index (χ0) is 22.9. The van der Waals surface area contributed by atoms with Crippen LogP contribution in [0.3, 0.4) is 0 Å². The van der Waals surface area contributed by atoms with Crippen LogP contribution in [0.15, 0.2) is 54.9 Å². The first-order valence-corrected chi connectivity index (χ1v) is 10.8. The summed E-state index contributed by atoms with van der Waals surface area (Å²) in [6.07, 6.45) is 3.43. The highest BCUT2D eigenvalue weighted by molar-refractivity contribution is 5.95. The molecule has 0 bridgehead atoms. The van der Waals surface area contributed by atoms with Gasteiger partial charge in [0.15, 0.2) is 0 Å². The topological polar surface area (TPSA) is 98.8 Å². The summed E-state index contributed by atoms with van der Waals surface area (Å²) >= 11 is 0. The molecular formula is C24H24FN7O. The van der Waals surface area contributed by atoms with Crippen LogP contribution in [0.1, 0.15) is 17.2 Å². The number of aromatic nitrogens is 4. The first kappa shape index (κ1) is 21.0. The maximum Gasteiger partial charge on any atom is 0.320 e. The van der Waals surface area contributed by atoms with E-state index < -0.39 is 0 Å². The molecule has 1 aromatic carbocycles. The number of anilines is 1. The van der Waals surface area contributed by atoms with E-state index in [1.165, 1.54) is 6.07 Å². The monoisotopic (exact) mass is 445 g/mol. The minimum atomic E-state index is -0.381. The number of nitrogens with zero attached hydrogens (tertiary/aromatic N) is 4. The van der Waals surface area contributed by atoms with Crippen LogP contribution in [0.2, 0.25) is 0 Å². The Morgan fingerprint density at radius 1 is 1.18 bits per heavy atom. The maximum atomic E-state index is 14.4. The van der Waals surface area contributed by atoms with E-state index in [1.807, 2.05) is 32.2 Å². The lowest BCUT2D eigenvalue weighted by atomic mass is 9.94. The average molecular weight is 446 g/mol. The number of urea groups is 1. The number of hydrogen-bond acceptors (Lipinski definition) is 5. The lowest BCUT2D eigenvalue weighted by Crippen LogP contribution is -2.42. The molecule has 33 heavy (non-hydrogen) atoms. The number of nitrogens with one attached hydrogen (secondary N) is 3. The van der Waals surface area contributed by atoms with E-state index in [-0.39, 0.29) is 23.8 Å². The van der Waals surface area contributed by atoms with Crippen molar-refractivity contribution in [3.05, 3.63) is 71.9 Å². The number of carbonyl (C=O) groups excluding carboxylic acids is 1. The third kappa shape index (κ3) is 4.27. The molecular weight excluding hydrogens is 421 g/mol. The third-order valence-corrected chi connectivity index (χ3v) is 5.98. The van der Waals surface area contributed by atoms with E-state index in [0.717, 1.165) is 27.9 Å². The fourth-order valence-electron chi connectivity index (χ4n) is 4.45. The fraction of sp³-hybridized carbons (Fsp3) is 0.250. The fourth-order valence-corrected chi connectivity index (χ4v) is 4.45. The predicted molar refractivity (Wildman–Crippen MR) is 124 cm³/mol. The van der Waals surface area contributed by atoms with Crippen LogP contribution in [0.25, 0.3) is 22.2 Å². The Bertz CT molecular complexity index is 1320. The molecule has 0 aliphatic carbocycles. The molecule has 2 atom stereocenters. The molecule has 4 heterocycles. The summed E-state index contributed by atoms with van der Waals surface area (Å²) in [5.74, 6) is 0.0165. The molecule has 3 aromatic heterocycles. The highest BCUT2D eigenvalue weighted by Crippen LogP contribution is 2.29. The van der Waals surface area contributed by atoms with E-state index in [1.54, 1.807) is 30.6 Å². The van der Waals surface area contributed by atoms with Gasteiger partial charge in [0.25, 0.3) is 0 Å². The standard InChI is InChI=1S/C24H24FN7O/c1-14-9-15(7-8-26-14)23-17-11-27-22(10-20(17)30-31-23)29-24(33)28-21-13-32(2)12-18(21)16-5-3-4-6-19(16)25/h3-11,18,21H,12-13H2,1-2H3,(H,30,31)(H2,27,28,29,33). The van der Waals surface area contributed by atoms with Gasteiger partial charge < -0.3 is 10.2 Å². The molecule has 2 unspecified atom stereocenters. The molecule has 1 aliphatic heterocycles. The number of H-pyrrole nitrogens is 1. The van der Waals surface area contributed by atoms with Crippen molar-refractivity contribution in [1.29, 1.82) is 0 Å². The number of likely N-dealkylation sites (tertiary alicyclic amines) is 1. The van der Waals surface area contributed by atoms with Crippen molar-refractivity contribution in [2.75, 3.05) is 25.5 Å². The molecule has 168 valence electrons. The van der Waals surface area contributed by atoms with E-state index >= 15 is 0 Å². The zero-order valence-corrected chi connectivity index (χ0v) is 18.3. The molecule has 2 amide bonds. The molecule has 0 saturated carbocycles. The summed E-state index contributed by atoms with van der Waals surface area (Å²) in [5.41, 5.74) is 4.00. The quantitative estimate of drug-likeness (QED) is 0.445. The Balaban J connectivity index is 1.31. The zero-order valence-electron chi connectivity index (χ0n) is 18.3. The Morgan fingerprint density at radius 2 is 2.03 bits per heavy atom. The Labute approximate surface area is 190 Å². The van der Waals surface area contributed by atoms with Crippen molar-refractivity contribution in [2.24, 2.45) is 0 Å². The molecule has 1 aliphatic rings. The van der Waals surface area contributed by atoms with Gasteiger partial charge in [-0.1, -0.05) is 18.2 Å². The maximum absolute atomic E-state index is 14.4. The van der Waals surface area contributed by atoms with Crippen molar-refractivity contribution in [3.63, 3.8) is 0 Å². The van der Waals surface area contributed by atoms with Crippen LogP contribution in [-0.2, 0) is 0 Å². The first-order valence-electron chi connectivity index (χ1n) is 10.8. The largest absolute Gasteiger partial charge is 0.333 e. The van der Waals surface area contributed by atoms with Crippen LogP contribution in [0.4, 0.5) is 15.0 Å². The number of fused-ring (bicyclic) bond motifs is 1. The van der Waals surface area contributed by atoms with Crippen molar-refractivity contribution >= 4 is 22.8 Å². The number of rotatable bonds is 4. The van der Waals surface area contributed by atoms with Gasteiger partial charge in [-0.05, 0) is 37.7 Å². The summed E-state index contributed by atoms with van der Waals surface area (Å²) in [6, 6.07) is 11.7. The van der Waals surface area contributed by atoms with Gasteiger partial charge in [0, 0.05) is 54.1 Å². The highest BCUT2D eigenvalue weighted by atomic mass is 19.1. The van der Waals surface area contributed by atoms with Gasteiger partial charge in [-0.3, -0.25) is 15.4 Å². The van der Waals surface area contributed by atoms with Crippen molar-refractivity contribution in [3.8, 4) is 11.3 Å². The number of benzene rings is 1. The van der Waals surface area contributed by atoms with Crippen LogP contribution in [-0.4, -0.2) is 57.3 Å². The number of pyridine rings is 2. The number of amides is 2. The van der Waals surface area contributed by atoms with Gasteiger partial charge >= 0.3 is 6.03 Å². The summed E-state index contributed by atoms with van der Waals surface area (Å²) < 4.78 is 14.4. The lowest BCUT2D eigenvalue weighted by Gasteiger charge is -2.21. The number of aryl methyl sites for hydroxylation is 1. The minimum absolute atomic E-state index is 0.128. The second-order valence-corrected chi connectivity index (χ2v) is 8.43. The lowest BCUT2D eigenvalue weighted by molar-refractivity contribution is 0.247. The number of aromatic amines is 1. The second kappa shape index (κ2) is 8.59. The van der Waals surface area contributed by atoms with E-state index in [4.69, 9.17) is 0 Å². The third-order valence-electron chi connectivity index (χ3n) is 5.98. The van der Waals surface area contributed by atoms with Crippen LogP contribution >= 0.6 is 0 Å². The van der Waals surface area contributed by atoms with Gasteiger partial charge in [0.05, 0.1) is 11.6 Å². The van der Waals surface area contributed by atoms with E-state index in [9.17, 15) is 9.18 Å². The minimum Gasteiger partial charge on any atom is -0.333 e. The number of halogens is 1. The van der Waals surface area contributed by atoms with Crippen LogP contribution in [0.5, 0.6) is 0 Å². The number of carbonyl (C=O) groups is 1. The summed E-state index contributed by atoms with van der Waals surface area (Å²) in [5, 5.41) is 14.0. The Morgan fingerprint density at radius 3 is 2.85 bits per heavy atom. The number of hydrogen-bond donors (Lipinski definition) is 3. The predicted octanol–water partition coefficient (Wildman–Crippen LogP) is 3.69. The summed E-state index contributed by atoms with van der Waals surface area (Å²) in [4.78, 5) is 23.4. The molecule has 3 N–H and O–H groups in total. The molecule has 1 saturated heterocycles. The Kier molecular flexibility index (Phi) is 5.47. The molecule has 5 rings (SSSR count). The molecule has 8 nitrogen and oxygen atoms in total. The molecule has 9 heteroatoms. The van der Waals surface area contributed by atoms with Crippen molar-refractivity contribution < 1.29 is 9.18 Å². The van der Waals surface area contributed by atoms with Crippen molar-refractivity contribution in [1.82, 2.24) is 30.4 Å². The van der Waals surface area contributed by atoms with Gasteiger partial charge in [0.1, 0.15) is 17.3 Å². The summed E-state index contributed by atoms with van der Waals surface area (Å²) in [6.45, 7) is 3.23. The average Bonchev–Trinajstić information content (AvgIpc) is 3.37. The SMILES string of the molecule is Cc1cc(-c2n[nH]c3cc(NC(=O)NC4CN(C)CC4c4ccccc4F)ncc23)ccn1. The Hall–Kier alpha value is -3.85. The van der Waals surface area contributed by atoms with Gasteiger partial charge in [-0.2, -0.15) is 5.10 Å². The molecule has 1 fully saturated rings. The van der Waals surface area contributed by atoms with E-state index in [0.29, 0.717) is 24.5 Å².